The van der Waals surface area contributed by atoms with Crippen LogP contribution in [0.1, 0.15) is 12.0 Å². The lowest BCUT2D eigenvalue weighted by molar-refractivity contribution is 0.586. The molecule has 0 N–H and O–H groups in total. The van der Waals surface area contributed by atoms with Crippen molar-refractivity contribution in [2.45, 2.75) is 12.8 Å². The summed E-state index contributed by atoms with van der Waals surface area (Å²) in [5.74, 6) is 0.590. The van der Waals surface area contributed by atoms with Gasteiger partial charge in [0.05, 0.1) is 11.9 Å². The topological polar surface area (TPSA) is 38.1 Å². The third-order valence-corrected chi connectivity index (χ3v) is 4.41. The maximum atomic E-state index is 11.9. The number of hydrogen-bond donors (Lipinski definition) is 0. The van der Waals surface area contributed by atoms with Gasteiger partial charge in [0, 0.05) is 20.1 Å². The monoisotopic (exact) mass is 303 g/mol. The molecule has 1 aliphatic rings. The van der Waals surface area contributed by atoms with Crippen LogP contribution in [0, 0.1) is 5.92 Å². The SMILES string of the molecule is Cn1ncc(N2CC[C@@H](Cc3ccccc3)C2)c(Cl)c1=O. The zero-order valence-corrected chi connectivity index (χ0v) is 12.8. The van der Waals surface area contributed by atoms with Crippen molar-refractivity contribution < 1.29 is 0 Å². The maximum absolute atomic E-state index is 11.9. The van der Waals surface area contributed by atoms with Crippen LogP contribution in [0.15, 0.2) is 41.3 Å². The van der Waals surface area contributed by atoms with Crippen LogP contribution in [0.5, 0.6) is 0 Å². The van der Waals surface area contributed by atoms with Crippen molar-refractivity contribution in [2.24, 2.45) is 13.0 Å². The first-order chi connectivity index (χ1) is 10.1. The van der Waals surface area contributed by atoms with Crippen molar-refractivity contribution in [3.63, 3.8) is 0 Å². The summed E-state index contributed by atoms with van der Waals surface area (Å²) in [4.78, 5) is 14.0. The Morgan fingerprint density at radius 3 is 2.86 bits per heavy atom. The minimum Gasteiger partial charge on any atom is -0.369 e. The molecule has 2 heterocycles. The van der Waals surface area contributed by atoms with E-state index < -0.39 is 0 Å². The number of nitrogens with zero attached hydrogens (tertiary/aromatic N) is 3. The van der Waals surface area contributed by atoms with Gasteiger partial charge in [-0.3, -0.25) is 4.79 Å². The van der Waals surface area contributed by atoms with Crippen LogP contribution in [-0.2, 0) is 13.5 Å². The Kier molecular flexibility index (Phi) is 3.97. The van der Waals surface area contributed by atoms with Crippen LogP contribution < -0.4 is 10.5 Å². The van der Waals surface area contributed by atoms with Gasteiger partial charge in [-0.05, 0) is 24.3 Å². The summed E-state index contributed by atoms with van der Waals surface area (Å²) in [5.41, 5.74) is 1.88. The molecule has 110 valence electrons. The highest BCUT2D eigenvalue weighted by atomic mass is 35.5. The number of hydrogen-bond acceptors (Lipinski definition) is 3. The standard InChI is InChI=1S/C16H18ClN3O/c1-19-16(21)15(17)14(10-18-19)20-8-7-13(11-20)9-12-5-3-2-4-6-12/h2-6,10,13H,7-9,11H2,1H3/t13-/m0/s1. The summed E-state index contributed by atoms with van der Waals surface area (Å²) in [7, 11) is 1.61. The fraction of sp³-hybridized carbons (Fsp3) is 0.375. The molecule has 0 unspecified atom stereocenters. The summed E-state index contributed by atoms with van der Waals surface area (Å²) in [6.45, 7) is 1.84. The Hall–Kier alpha value is -1.81. The number of rotatable bonds is 3. The minimum atomic E-state index is -0.235. The van der Waals surface area contributed by atoms with E-state index in [9.17, 15) is 4.79 Å². The fourth-order valence-corrected chi connectivity index (χ4v) is 3.18. The van der Waals surface area contributed by atoms with Gasteiger partial charge in [0.25, 0.3) is 5.56 Å². The second-order valence-electron chi connectivity index (χ2n) is 5.56. The molecule has 0 saturated carbocycles. The van der Waals surface area contributed by atoms with Gasteiger partial charge < -0.3 is 4.90 Å². The molecule has 4 nitrogen and oxygen atoms in total. The first-order valence-corrected chi connectivity index (χ1v) is 7.53. The normalized spacial score (nSPS) is 18.2. The smallest absolute Gasteiger partial charge is 0.287 e. The second-order valence-corrected chi connectivity index (χ2v) is 5.94. The lowest BCUT2D eigenvalue weighted by Gasteiger charge is -2.19. The fourth-order valence-electron chi connectivity index (χ4n) is 2.89. The van der Waals surface area contributed by atoms with Gasteiger partial charge >= 0.3 is 0 Å². The average Bonchev–Trinajstić information content (AvgIpc) is 2.94. The van der Waals surface area contributed by atoms with Crippen LogP contribution >= 0.6 is 11.6 Å². The minimum absolute atomic E-state index is 0.235. The van der Waals surface area contributed by atoms with E-state index in [0.29, 0.717) is 5.92 Å². The molecule has 0 radical (unpaired) electrons. The van der Waals surface area contributed by atoms with E-state index in [-0.39, 0.29) is 10.6 Å². The van der Waals surface area contributed by atoms with E-state index in [1.54, 1.807) is 13.2 Å². The molecule has 0 spiro atoms. The highest BCUT2D eigenvalue weighted by Crippen LogP contribution is 2.28. The van der Waals surface area contributed by atoms with Gasteiger partial charge in [-0.25, -0.2) is 4.68 Å². The molecule has 1 fully saturated rings. The molecule has 2 aromatic rings. The highest BCUT2D eigenvalue weighted by molar-refractivity contribution is 6.33. The third-order valence-electron chi connectivity index (χ3n) is 4.05. The molecular weight excluding hydrogens is 286 g/mol. The highest BCUT2D eigenvalue weighted by Gasteiger charge is 2.25. The van der Waals surface area contributed by atoms with E-state index in [2.05, 4.69) is 34.3 Å². The van der Waals surface area contributed by atoms with Crippen molar-refractivity contribution in [2.75, 3.05) is 18.0 Å². The van der Waals surface area contributed by atoms with Gasteiger partial charge in [-0.2, -0.15) is 5.10 Å². The van der Waals surface area contributed by atoms with Crippen molar-refractivity contribution in [3.8, 4) is 0 Å². The number of halogens is 1. The average molecular weight is 304 g/mol. The van der Waals surface area contributed by atoms with Crippen LogP contribution in [0.25, 0.3) is 0 Å². The predicted molar refractivity (Wildman–Crippen MR) is 85.0 cm³/mol. The van der Waals surface area contributed by atoms with Gasteiger partial charge in [0.1, 0.15) is 5.02 Å². The molecule has 1 aliphatic heterocycles. The number of benzene rings is 1. The first kappa shape index (κ1) is 14.1. The molecule has 21 heavy (non-hydrogen) atoms. The third kappa shape index (κ3) is 2.95. The lowest BCUT2D eigenvalue weighted by atomic mass is 9.99. The van der Waals surface area contributed by atoms with Crippen molar-refractivity contribution in [3.05, 3.63) is 57.5 Å². The Balaban J connectivity index is 1.73. The van der Waals surface area contributed by atoms with E-state index >= 15 is 0 Å². The van der Waals surface area contributed by atoms with E-state index in [1.807, 2.05) is 6.07 Å². The lowest BCUT2D eigenvalue weighted by Crippen LogP contribution is -2.26. The maximum Gasteiger partial charge on any atom is 0.287 e. The summed E-state index contributed by atoms with van der Waals surface area (Å²) >= 11 is 6.17. The molecular formula is C16H18ClN3O. The van der Waals surface area contributed by atoms with Gasteiger partial charge in [0.15, 0.2) is 0 Å². The summed E-state index contributed by atoms with van der Waals surface area (Å²) in [6.07, 6.45) is 3.86. The van der Waals surface area contributed by atoms with Crippen LogP contribution in [0.4, 0.5) is 5.69 Å². The van der Waals surface area contributed by atoms with E-state index in [4.69, 9.17) is 11.6 Å². The molecule has 1 aromatic heterocycles. The Morgan fingerprint density at radius 2 is 2.10 bits per heavy atom. The van der Waals surface area contributed by atoms with Gasteiger partial charge in [0.2, 0.25) is 0 Å². The van der Waals surface area contributed by atoms with E-state index in [1.165, 1.54) is 10.2 Å². The Morgan fingerprint density at radius 1 is 1.33 bits per heavy atom. The van der Waals surface area contributed by atoms with Crippen LogP contribution in [-0.4, -0.2) is 22.9 Å². The van der Waals surface area contributed by atoms with E-state index in [0.717, 1.165) is 31.6 Å². The van der Waals surface area contributed by atoms with Gasteiger partial charge in [-0.1, -0.05) is 41.9 Å². The molecule has 0 amide bonds. The first-order valence-electron chi connectivity index (χ1n) is 7.16. The zero-order valence-electron chi connectivity index (χ0n) is 12.0. The molecule has 1 aromatic carbocycles. The predicted octanol–water partition coefficient (Wildman–Crippen LogP) is 2.50. The molecule has 1 atom stereocenters. The summed E-state index contributed by atoms with van der Waals surface area (Å²) in [5, 5.41) is 4.34. The zero-order chi connectivity index (χ0) is 14.8. The van der Waals surface area contributed by atoms with Crippen molar-refractivity contribution in [1.29, 1.82) is 0 Å². The quantitative estimate of drug-likeness (QED) is 0.874. The number of aryl methyl sites for hydroxylation is 1. The number of aromatic nitrogens is 2. The second kappa shape index (κ2) is 5.90. The van der Waals surface area contributed by atoms with Crippen LogP contribution in [0.3, 0.4) is 0 Å². The molecule has 0 aliphatic carbocycles. The molecule has 0 bridgehead atoms. The molecule has 1 saturated heterocycles. The van der Waals surface area contributed by atoms with Crippen LogP contribution in [0.2, 0.25) is 5.02 Å². The van der Waals surface area contributed by atoms with Crippen molar-refractivity contribution in [1.82, 2.24) is 9.78 Å². The molecule has 5 heteroatoms. The van der Waals surface area contributed by atoms with Crippen molar-refractivity contribution >= 4 is 17.3 Å². The number of anilines is 1. The molecule has 3 rings (SSSR count). The largest absolute Gasteiger partial charge is 0.369 e. The summed E-state index contributed by atoms with van der Waals surface area (Å²) in [6, 6.07) is 10.5. The summed E-state index contributed by atoms with van der Waals surface area (Å²) < 4.78 is 1.27. The van der Waals surface area contributed by atoms with Gasteiger partial charge in [-0.15, -0.1) is 0 Å². The Labute approximate surface area is 129 Å². The Bertz CT molecular complexity index is 684.